The molecule has 1 aliphatic heterocycles. The molecule has 1 heterocycles. The van der Waals surface area contributed by atoms with Crippen LogP contribution < -0.4 is 5.32 Å². The number of hydrogen-bond donors (Lipinski definition) is 8. The van der Waals surface area contributed by atoms with E-state index in [-0.39, 0.29) is 6.29 Å². The number of rotatable bonds is 9. The molecule has 0 spiro atoms. The second-order valence-corrected chi connectivity index (χ2v) is 5.94. The van der Waals surface area contributed by atoms with Crippen molar-refractivity contribution in [1.29, 1.82) is 0 Å². The summed E-state index contributed by atoms with van der Waals surface area (Å²) in [5, 5.41) is 69.1. The van der Waals surface area contributed by atoms with Crippen LogP contribution in [0.2, 0.25) is 0 Å². The van der Waals surface area contributed by atoms with Crippen molar-refractivity contribution in [3.05, 3.63) is 0 Å². The average Bonchev–Trinajstić information content (AvgIpc) is 2.62. The number of amides is 1. The lowest BCUT2D eigenvalue weighted by molar-refractivity contribution is -0.314. The lowest BCUT2D eigenvalue weighted by atomic mass is 9.98. The van der Waals surface area contributed by atoms with Crippen LogP contribution in [-0.4, -0.2) is 116 Å². The highest BCUT2D eigenvalue weighted by atomic mass is 16.7. The number of aliphatic hydroxyl groups is 6. The van der Waals surface area contributed by atoms with Gasteiger partial charge in [-0.2, -0.15) is 0 Å². The van der Waals surface area contributed by atoms with Crippen LogP contribution >= 0.6 is 0 Å². The number of carboxylic acids is 1. The van der Waals surface area contributed by atoms with Crippen LogP contribution in [0.5, 0.6) is 0 Å². The fourth-order valence-corrected chi connectivity index (χ4v) is 2.45. The minimum absolute atomic E-state index is 0.133. The van der Waals surface area contributed by atoms with Crippen molar-refractivity contribution in [3.8, 4) is 0 Å². The Hall–Kier alpha value is -1.71. The molecule has 1 rings (SSSR count). The lowest BCUT2D eigenvalue weighted by Crippen LogP contribution is -2.63. The van der Waals surface area contributed by atoms with Gasteiger partial charge in [0.25, 0.3) is 0 Å². The van der Waals surface area contributed by atoms with E-state index in [0.29, 0.717) is 0 Å². The first-order chi connectivity index (χ1) is 12.5. The molecule has 0 bridgehead atoms. The molecule has 0 aliphatic carbocycles. The summed E-state index contributed by atoms with van der Waals surface area (Å²) in [6.07, 6.45) is -15.5. The van der Waals surface area contributed by atoms with E-state index in [1.807, 2.05) is 0 Å². The van der Waals surface area contributed by atoms with Gasteiger partial charge in [-0.05, 0) is 0 Å². The second kappa shape index (κ2) is 10.0. The third kappa shape index (κ3) is 5.63. The topological polar surface area (TPSA) is 223 Å². The highest BCUT2D eigenvalue weighted by Crippen LogP contribution is 2.25. The molecule has 13 nitrogen and oxygen atoms in total. The fraction of sp³-hybridized carbons (Fsp3) is 0.786. The molecule has 8 N–H and O–H groups in total. The van der Waals surface area contributed by atoms with Crippen molar-refractivity contribution in [2.45, 2.75) is 62.0 Å². The third-order valence-electron chi connectivity index (χ3n) is 3.89. The van der Waals surface area contributed by atoms with Gasteiger partial charge in [-0.1, -0.05) is 0 Å². The van der Waals surface area contributed by atoms with Gasteiger partial charge in [0.15, 0.2) is 12.4 Å². The van der Waals surface area contributed by atoms with Crippen molar-refractivity contribution in [1.82, 2.24) is 5.32 Å². The van der Waals surface area contributed by atoms with E-state index in [1.54, 1.807) is 0 Å². The van der Waals surface area contributed by atoms with Crippen LogP contribution in [0.1, 0.15) is 6.92 Å². The predicted molar refractivity (Wildman–Crippen MR) is 82.0 cm³/mol. The molecule has 27 heavy (non-hydrogen) atoms. The molecule has 156 valence electrons. The van der Waals surface area contributed by atoms with E-state index in [1.165, 1.54) is 0 Å². The zero-order chi connectivity index (χ0) is 20.9. The number of carboxylic acid groups (broad SMARTS) is 1. The predicted octanol–water partition coefficient (Wildman–Crippen LogP) is -5.32. The summed E-state index contributed by atoms with van der Waals surface area (Å²) in [6, 6.07) is -1.60. The molecule has 0 aromatic carbocycles. The Morgan fingerprint density at radius 3 is 2.22 bits per heavy atom. The minimum Gasteiger partial charge on any atom is -0.479 e. The van der Waals surface area contributed by atoms with Gasteiger partial charge < -0.3 is 55.3 Å². The molecule has 1 saturated heterocycles. The fourth-order valence-electron chi connectivity index (χ4n) is 2.45. The zero-order valence-electron chi connectivity index (χ0n) is 14.2. The molecule has 1 fully saturated rings. The quantitative estimate of drug-likeness (QED) is 0.171. The van der Waals surface area contributed by atoms with Crippen molar-refractivity contribution < 1.29 is 59.6 Å². The first kappa shape index (κ1) is 23.3. The first-order valence-corrected chi connectivity index (χ1v) is 7.82. The Morgan fingerprint density at radius 2 is 1.78 bits per heavy atom. The maximum absolute atomic E-state index is 11.3. The van der Waals surface area contributed by atoms with Gasteiger partial charge in [0.2, 0.25) is 5.91 Å². The van der Waals surface area contributed by atoms with Gasteiger partial charge in [-0.3, -0.25) is 4.79 Å². The maximum Gasteiger partial charge on any atom is 0.335 e. The van der Waals surface area contributed by atoms with Crippen molar-refractivity contribution in [2.24, 2.45) is 0 Å². The number of aldehydes is 1. The number of ether oxygens (including phenoxy) is 2. The van der Waals surface area contributed by atoms with Crippen LogP contribution in [0.25, 0.3) is 0 Å². The molecule has 13 heteroatoms. The number of aliphatic hydroxyl groups excluding tert-OH is 6. The molecule has 0 aromatic heterocycles. The average molecular weight is 397 g/mol. The molecule has 0 radical (unpaired) electrons. The van der Waals surface area contributed by atoms with Gasteiger partial charge in [-0.25, -0.2) is 4.79 Å². The van der Waals surface area contributed by atoms with Crippen LogP contribution in [-0.2, 0) is 23.9 Å². The molecule has 1 amide bonds. The van der Waals surface area contributed by atoms with Crippen LogP contribution in [0, 0.1) is 0 Å². The zero-order valence-corrected chi connectivity index (χ0v) is 14.2. The van der Waals surface area contributed by atoms with Crippen molar-refractivity contribution in [3.63, 3.8) is 0 Å². The Balaban J connectivity index is 3.12. The van der Waals surface area contributed by atoms with E-state index >= 15 is 0 Å². The molecule has 0 aromatic rings. The van der Waals surface area contributed by atoms with Crippen LogP contribution in [0.4, 0.5) is 0 Å². The number of carbonyl (C=O) groups excluding carboxylic acids is 2. The summed E-state index contributed by atoms with van der Waals surface area (Å²) in [4.78, 5) is 33.6. The monoisotopic (exact) mass is 397 g/mol. The number of carbonyl (C=O) groups is 3. The van der Waals surface area contributed by atoms with E-state index < -0.39 is 73.5 Å². The largest absolute Gasteiger partial charge is 0.479 e. The molecule has 9 atom stereocenters. The standard InChI is InChI=1S/C14H23NO12/c1-4(18)15-5(2-16)11(7(20)6(19)3-17)26-14-10(23)8(21)9(22)12(27-14)13(24)25/h2,5-12,14,17,19-23H,3H2,1H3,(H,15,18)(H,24,25)/t5-,6+,7-,8-,9-,10+,11+,12+,14+/m0/s1. The normalized spacial score (nSPS) is 32.8. The minimum atomic E-state index is -2.01. The summed E-state index contributed by atoms with van der Waals surface area (Å²) in [5.74, 6) is -2.42. The Bertz CT molecular complexity index is 530. The molecule has 0 saturated carbocycles. The molecule has 0 unspecified atom stereocenters. The van der Waals surface area contributed by atoms with Gasteiger partial charge in [0.05, 0.1) is 6.61 Å². The summed E-state index contributed by atoms with van der Waals surface area (Å²) in [6.45, 7) is 0.0782. The van der Waals surface area contributed by atoms with E-state index in [2.05, 4.69) is 5.32 Å². The van der Waals surface area contributed by atoms with Crippen molar-refractivity contribution in [2.75, 3.05) is 6.61 Å². The summed E-state index contributed by atoms with van der Waals surface area (Å²) >= 11 is 0. The van der Waals surface area contributed by atoms with E-state index in [9.17, 15) is 39.9 Å². The van der Waals surface area contributed by atoms with Gasteiger partial charge >= 0.3 is 5.97 Å². The van der Waals surface area contributed by atoms with Crippen molar-refractivity contribution >= 4 is 18.2 Å². The van der Waals surface area contributed by atoms with E-state index in [4.69, 9.17) is 19.7 Å². The second-order valence-electron chi connectivity index (χ2n) is 5.94. The lowest BCUT2D eigenvalue weighted by Gasteiger charge is -2.41. The van der Waals surface area contributed by atoms with Crippen LogP contribution in [0.15, 0.2) is 0 Å². The SMILES string of the molecule is CC(=O)N[C@@H](C=O)[C@@H](O[C@@H]1O[C@@H](C(=O)O)[C@@H](O)[C@H](O)[C@H]1O)[C@@H](O)[C@H](O)CO. The number of aliphatic carboxylic acids is 1. The van der Waals surface area contributed by atoms with Gasteiger partial charge in [0.1, 0.15) is 49.0 Å². The third-order valence-corrected chi connectivity index (χ3v) is 3.89. The highest BCUT2D eigenvalue weighted by Gasteiger charge is 2.49. The Labute approximate surface area is 152 Å². The van der Waals surface area contributed by atoms with Gasteiger partial charge in [-0.15, -0.1) is 0 Å². The molecular formula is C14H23NO12. The summed E-state index contributed by atoms with van der Waals surface area (Å²) < 4.78 is 10.0. The summed E-state index contributed by atoms with van der Waals surface area (Å²) in [7, 11) is 0. The summed E-state index contributed by atoms with van der Waals surface area (Å²) in [5.41, 5.74) is 0. The molecule has 1 aliphatic rings. The Kier molecular flexibility index (Phi) is 8.64. The molecular weight excluding hydrogens is 374 g/mol. The highest BCUT2D eigenvalue weighted by molar-refractivity contribution is 5.77. The number of nitrogens with one attached hydrogen (secondary N) is 1. The number of hydrogen-bond acceptors (Lipinski definition) is 11. The first-order valence-electron chi connectivity index (χ1n) is 7.82. The van der Waals surface area contributed by atoms with Crippen LogP contribution in [0.3, 0.4) is 0 Å². The maximum atomic E-state index is 11.3. The van der Waals surface area contributed by atoms with E-state index in [0.717, 1.165) is 6.92 Å². The smallest absolute Gasteiger partial charge is 0.335 e. The Morgan fingerprint density at radius 1 is 1.19 bits per heavy atom. The van der Waals surface area contributed by atoms with Gasteiger partial charge in [0, 0.05) is 6.92 Å².